The van der Waals surface area contributed by atoms with Crippen LogP contribution in [0.4, 0.5) is 29.2 Å². The Hall–Kier alpha value is -3.84. The number of hydrogen-bond donors (Lipinski definition) is 3. The fourth-order valence-electron chi connectivity index (χ4n) is 2.99. The molecule has 170 valence electrons. The molecule has 12 nitrogen and oxygen atoms in total. The van der Waals surface area contributed by atoms with Crippen LogP contribution < -0.4 is 15.6 Å². The number of anilines is 4. The normalized spacial score (nSPS) is 13.8. The highest BCUT2D eigenvalue weighted by atomic mass is 79.9. The molecule has 1 aliphatic rings. The Labute approximate surface area is 196 Å². The van der Waals surface area contributed by atoms with Gasteiger partial charge in [-0.1, -0.05) is 22.0 Å². The van der Waals surface area contributed by atoms with E-state index in [2.05, 4.69) is 46.7 Å². The minimum absolute atomic E-state index is 0.0563. The monoisotopic (exact) mass is 514 g/mol. The van der Waals surface area contributed by atoms with Crippen molar-refractivity contribution in [3.8, 4) is 5.75 Å². The first kappa shape index (κ1) is 22.4. The highest BCUT2D eigenvalue weighted by molar-refractivity contribution is 9.10. The van der Waals surface area contributed by atoms with Gasteiger partial charge in [0.2, 0.25) is 17.8 Å². The molecule has 0 unspecified atom stereocenters. The van der Waals surface area contributed by atoms with Gasteiger partial charge in [0.25, 0.3) is 5.69 Å². The molecule has 3 aromatic rings. The second-order valence-electron chi connectivity index (χ2n) is 6.89. The first-order valence-corrected chi connectivity index (χ1v) is 10.6. The zero-order chi connectivity index (χ0) is 23.2. The van der Waals surface area contributed by atoms with E-state index >= 15 is 0 Å². The Kier molecular flexibility index (Phi) is 6.90. The molecule has 13 heteroatoms. The minimum atomic E-state index is -0.475. The van der Waals surface area contributed by atoms with E-state index in [4.69, 9.17) is 4.74 Å². The number of phenols is 1. The number of rotatable bonds is 7. The van der Waals surface area contributed by atoms with Crippen molar-refractivity contribution in [2.24, 2.45) is 5.10 Å². The van der Waals surface area contributed by atoms with Crippen molar-refractivity contribution in [3.63, 3.8) is 0 Å². The number of nitrogens with one attached hydrogen (secondary N) is 2. The van der Waals surface area contributed by atoms with Gasteiger partial charge < -0.3 is 20.1 Å². The zero-order valence-corrected chi connectivity index (χ0v) is 18.8. The maximum Gasteiger partial charge on any atom is 0.271 e. The zero-order valence-electron chi connectivity index (χ0n) is 17.2. The van der Waals surface area contributed by atoms with Crippen LogP contribution in [0.3, 0.4) is 0 Å². The summed E-state index contributed by atoms with van der Waals surface area (Å²) in [5.41, 5.74) is 3.64. The lowest BCUT2D eigenvalue weighted by Crippen LogP contribution is -2.37. The number of hydrazone groups is 1. The Morgan fingerprint density at radius 2 is 1.94 bits per heavy atom. The smallest absolute Gasteiger partial charge is 0.271 e. The third-order valence-corrected chi connectivity index (χ3v) is 5.08. The lowest BCUT2D eigenvalue weighted by molar-refractivity contribution is -0.384. The van der Waals surface area contributed by atoms with Crippen LogP contribution in [0.1, 0.15) is 5.56 Å². The molecule has 0 saturated carbocycles. The van der Waals surface area contributed by atoms with Gasteiger partial charge in [0, 0.05) is 40.9 Å². The Morgan fingerprint density at radius 3 is 2.73 bits per heavy atom. The van der Waals surface area contributed by atoms with Crippen LogP contribution in [0.25, 0.3) is 0 Å². The predicted molar refractivity (Wildman–Crippen MR) is 126 cm³/mol. The summed E-state index contributed by atoms with van der Waals surface area (Å²) in [5, 5.41) is 28.1. The van der Waals surface area contributed by atoms with Gasteiger partial charge in [-0.2, -0.15) is 20.1 Å². The lowest BCUT2D eigenvalue weighted by Gasteiger charge is -2.27. The number of nitrogens with zero attached hydrogens (tertiary/aromatic N) is 6. The van der Waals surface area contributed by atoms with Gasteiger partial charge in [-0.05, 0) is 24.3 Å². The molecule has 1 saturated heterocycles. The SMILES string of the molecule is O=[N+]([O-])c1cccc(Nc2nc(NN=Cc3cc(Br)ccc3O)nc(N3CCOCC3)n2)c1. The summed E-state index contributed by atoms with van der Waals surface area (Å²) < 4.78 is 6.18. The molecular weight excluding hydrogens is 496 g/mol. The van der Waals surface area contributed by atoms with Gasteiger partial charge in [0.05, 0.1) is 24.4 Å². The van der Waals surface area contributed by atoms with Crippen molar-refractivity contribution in [3.05, 3.63) is 62.6 Å². The predicted octanol–water partition coefficient (Wildman–Crippen LogP) is 3.27. The first-order valence-electron chi connectivity index (χ1n) is 9.86. The number of nitro groups is 1. The minimum Gasteiger partial charge on any atom is -0.507 e. The number of morpholine rings is 1. The summed E-state index contributed by atoms with van der Waals surface area (Å²) in [5.74, 6) is 0.825. The molecule has 0 amide bonds. The van der Waals surface area contributed by atoms with Gasteiger partial charge in [0.1, 0.15) is 5.75 Å². The standard InChI is InChI=1S/C20H19BrN8O4/c21-14-4-5-17(30)13(10-14)12-22-27-19-24-18(23-15-2-1-3-16(11-15)29(31)32)25-20(26-19)28-6-8-33-9-7-28/h1-5,10-12,30H,6-9H2,(H2,23,24,25,26,27). The quantitative estimate of drug-likeness (QED) is 0.243. The van der Waals surface area contributed by atoms with Crippen molar-refractivity contribution in [2.45, 2.75) is 0 Å². The van der Waals surface area contributed by atoms with Crippen LogP contribution in [-0.4, -0.2) is 57.5 Å². The van der Waals surface area contributed by atoms with Gasteiger partial charge in [-0.15, -0.1) is 0 Å². The molecule has 3 N–H and O–H groups in total. The van der Waals surface area contributed by atoms with Crippen molar-refractivity contribution >= 4 is 51.4 Å². The van der Waals surface area contributed by atoms with Crippen LogP contribution in [0.5, 0.6) is 5.75 Å². The van der Waals surface area contributed by atoms with E-state index in [1.807, 2.05) is 4.90 Å². The van der Waals surface area contributed by atoms with E-state index in [0.29, 0.717) is 43.5 Å². The number of ether oxygens (including phenoxy) is 1. The van der Waals surface area contributed by atoms with Gasteiger partial charge >= 0.3 is 0 Å². The molecule has 0 radical (unpaired) electrons. The molecule has 1 aliphatic heterocycles. The number of nitro benzene ring substituents is 1. The number of halogens is 1. The molecule has 1 aromatic heterocycles. The second kappa shape index (κ2) is 10.2. The summed E-state index contributed by atoms with van der Waals surface area (Å²) in [7, 11) is 0. The fourth-order valence-corrected chi connectivity index (χ4v) is 3.37. The maximum atomic E-state index is 11.1. The van der Waals surface area contributed by atoms with Gasteiger partial charge in [-0.3, -0.25) is 10.1 Å². The summed E-state index contributed by atoms with van der Waals surface area (Å²) in [6.45, 7) is 2.30. The van der Waals surface area contributed by atoms with Crippen LogP contribution >= 0.6 is 15.9 Å². The molecule has 0 aliphatic carbocycles. The molecule has 2 aromatic carbocycles. The van der Waals surface area contributed by atoms with Crippen molar-refractivity contribution < 1.29 is 14.8 Å². The number of hydrogen-bond acceptors (Lipinski definition) is 11. The van der Waals surface area contributed by atoms with E-state index < -0.39 is 4.92 Å². The molecular formula is C20H19BrN8O4. The average Bonchev–Trinajstić information content (AvgIpc) is 2.82. The highest BCUT2D eigenvalue weighted by Crippen LogP contribution is 2.23. The number of non-ortho nitro benzene ring substituents is 1. The topological polar surface area (TPSA) is 151 Å². The van der Waals surface area contributed by atoms with Crippen LogP contribution in [0.15, 0.2) is 52.0 Å². The first-order chi connectivity index (χ1) is 16.0. The van der Waals surface area contributed by atoms with Gasteiger partial charge in [0.15, 0.2) is 0 Å². The molecule has 33 heavy (non-hydrogen) atoms. The second-order valence-corrected chi connectivity index (χ2v) is 7.80. The molecule has 0 atom stereocenters. The van der Waals surface area contributed by atoms with E-state index in [-0.39, 0.29) is 23.3 Å². The van der Waals surface area contributed by atoms with Crippen molar-refractivity contribution in [2.75, 3.05) is 41.9 Å². The summed E-state index contributed by atoms with van der Waals surface area (Å²) in [6, 6.07) is 11.0. The average molecular weight is 515 g/mol. The third kappa shape index (κ3) is 5.90. The Bertz CT molecular complexity index is 1190. The molecule has 0 bridgehead atoms. The molecule has 2 heterocycles. The van der Waals surface area contributed by atoms with Crippen LogP contribution in [0.2, 0.25) is 0 Å². The van der Waals surface area contributed by atoms with Crippen LogP contribution in [0, 0.1) is 10.1 Å². The van der Waals surface area contributed by atoms with E-state index in [1.165, 1.54) is 18.3 Å². The fraction of sp³-hybridized carbons (Fsp3) is 0.200. The number of aromatic hydroxyl groups is 1. The van der Waals surface area contributed by atoms with Gasteiger partial charge in [-0.25, -0.2) is 5.43 Å². The van der Waals surface area contributed by atoms with E-state index in [0.717, 1.165) is 4.47 Å². The summed E-state index contributed by atoms with van der Waals surface area (Å²) in [6.07, 6.45) is 1.44. The number of phenolic OH excluding ortho intramolecular Hbond substituents is 1. The molecule has 0 spiro atoms. The highest BCUT2D eigenvalue weighted by Gasteiger charge is 2.17. The Balaban J connectivity index is 1.60. The van der Waals surface area contributed by atoms with Crippen LogP contribution in [-0.2, 0) is 4.74 Å². The molecule has 4 rings (SSSR count). The third-order valence-electron chi connectivity index (χ3n) is 4.59. The molecule has 1 fully saturated rings. The summed E-state index contributed by atoms with van der Waals surface area (Å²) in [4.78, 5) is 25.7. The summed E-state index contributed by atoms with van der Waals surface area (Å²) >= 11 is 3.35. The Morgan fingerprint density at radius 1 is 1.15 bits per heavy atom. The van der Waals surface area contributed by atoms with Crippen molar-refractivity contribution in [1.82, 2.24) is 15.0 Å². The van der Waals surface area contributed by atoms with E-state index in [1.54, 1.807) is 30.3 Å². The lowest BCUT2D eigenvalue weighted by atomic mass is 10.2. The van der Waals surface area contributed by atoms with E-state index in [9.17, 15) is 15.2 Å². The van der Waals surface area contributed by atoms with Crippen molar-refractivity contribution in [1.29, 1.82) is 0 Å². The number of aromatic nitrogens is 3. The largest absolute Gasteiger partial charge is 0.507 e. The maximum absolute atomic E-state index is 11.1. The number of benzene rings is 2.